The average molecular weight is 403 g/mol. The minimum Gasteiger partial charge on any atom is -0.383 e. The van der Waals surface area contributed by atoms with Crippen molar-refractivity contribution in [2.24, 2.45) is 16.3 Å². The molecular formula is C18H24Cl2N2O2S. The molecule has 4 aliphatic carbocycles. The summed E-state index contributed by atoms with van der Waals surface area (Å²) in [4.78, 5) is 19.1. The summed E-state index contributed by atoms with van der Waals surface area (Å²) in [7, 11) is 1.68. The van der Waals surface area contributed by atoms with Crippen LogP contribution in [0.2, 0.25) is 0 Å². The summed E-state index contributed by atoms with van der Waals surface area (Å²) in [5.74, 6) is 0.427. The summed E-state index contributed by atoms with van der Waals surface area (Å²) >= 11 is 15.3. The van der Waals surface area contributed by atoms with Crippen LogP contribution in [-0.4, -0.2) is 33.9 Å². The second kappa shape index (κ2) is 6.08. The summed E-state index contributed by atoms with van der Waals surface area (Å²) in [6.07, 6.45) is 7.16. The highest BCUT2D eigenvalue weighted by Gasteiger charge is 2.65. The van der Waals surface area contributed by atoms with Gasteiger partial charge in [0.15, 0.2) is 4.80 Å². The minimum absolute atomic E-state index is 0.0281. The Balaban J connectivity index is 1.68. The van der Waals surface area contributed by atoms with Crippen LogP contribution in [0.1, 0.15) is 43.4 Å². The van der Waals surface area contributed by atoms with E-state index in [1.54, 1.807) is 18.4 Å². The Morgan fingerprint density at radius 1 is 1.32 bits per heavy atom. The van der Waals surface area contributed by atoms with Crippen molar-refractivity contribution in [3.05, 3.63) is 15.9 Å². The molecule has 4 fully saturated rings. The van der Waals surface area contributed by atoms with E-state index in [0.717, 1.165) is 48.2 Å². The van der Waals surface area contributed by atoms with E-state index in [1.807, 2.05) is 17.7 Å². The molecule has 4 aliphatic rings. The van der Waals surface area contributed by atoms with Crippen molar-refractivity contribution >= 4 is 40.4 Å². The van der Waals surface area contributed by atoms with Gasteiger partial charge in [0.05, 0.1) is 12.0 Å². The Kier molecular flexibility index (Phi) is 4.38. The zero-order chi connectivity index (χ0) is 17.9. The predicted molar refractivity (Wildman–Crippen MR) is 100 cm³/mol. The standard InChI is InChI=1S/C18H24Cl2N2O2S/c1-12-8-22(3-4-24-2)15(25-12)21-14(23)16-5-13-6-17(19,9-16)11-18(20,7-13)10-16/h8,13H,3-7,9-11H2,1-2H3/b21-15-. The Morgan fingerprint density at radius 2 is 2.00 bits per heavy atom. The molecule has 138 valence electrons. The number of carbonyl (C=O) groups excluding carboxylic acids is 1. The van der Waals surface area contributed by atoms with Gasteiger partial charge in [0.25, 0.3) is 5.91 Å². The molecule has 4 nitrogen and oxygen atoms in total. The fraction of sp³-hybridized carbons (Fsp3) is 0.778. The molecule has 0 spiro atoms. The van der Waals surface area contributed by atoms with E-state index >= 15 is 0 Å². The number of aryl methyl sites for hydroxylation is 1. The summed E-state index contributed by atoms with van der Waals surface area (Å²) in [6.45, 7) is 3.32. The first-order valence-corrected chi connectivity index (χ1v) is 10.5. The number of alkyl halides is 2. The Bertz CT molecular complexity index is 753. The van der Waals surface area contributed by atoms with E-state index in [9.17, 15) is 4.79 Å². The quantitative estimate of drug-likeness (QED) is 0.717. The number of amides is 1. The van der Waals surface area contributed by atoms with E-state index in [0.29, 0.717) is 19.1 Å². The first kappa shape index (κ1) is 18.0. The Morgan fingerprint density at radius 3 is 2.60 bits per heavy atom. The molecular weight excluding hydrogens is 379 g/mol. The highest BCUT2D eigenvalue weighted by molar-refractivity contribution is 7.09. The van der Waals surface area contributed by atoms with Crippen LogP contribution in [0.25, 0.3) is 0 Å². The lowest BCUT2D eigenvalue weighted by Gasteiger charge is -2.61. The van der Waals surface area contributed by atoms with Crippen LogP contribution >= 0.6 is 34.5 Å². The number of halogens is 2. The normalized spacial score (nSPS) is 40.0. The SMILES string of the molecule is COCCn1cc(C)s/c1=N\C(=O)C12CC3CC(Cl)(CC(Cl)(C3)C1)C2. The van der Waals surface area contributed by atoms with Crippen molar-refractivity contribution in [1.82, 2.24) is 4.57 Å². The van der Waals surface area contributed by atoms with E-state index in [2.05, 4.69) is 4.99 Å². The Labute approximate surface area is 162 Å². The van der Waals surface area contributed by atoms with E-state index < -0.39 is 5.41 Å². The maximum absolute atomic E-state index is 13.3. The number of methoxy groups -OCH3 is 1. The second-order valence-electron chi connectivity index (χ2n) is 8.32. The van der Waals surface area contributed by atoms with Gasteiger partial charge in [-0.3, -0.25) is 4.79 Å². The molecule has 2 unspecified atom stereocenters. The lowest BCUT2D eigenvalue weighted by atomic mass is 9.48. The molecule has 7 heteroatoms. The van der Waals surface area contributed by atoms with Crippen molar-refractivity contribution in [3.63, 3.8) is 0 Å². The summed E-state index contributed by atoms with van der Waals surface area (Å²) in [6, 6.07) is 0. The van der Waals surface area contributed by atoms with Crippen molar-refractivity contribution < 1.29 is 9.53 Å². The number of ether oxygens (including phenoxy) is 1. The van der Waals surface area contributed by atoms with Gasteiger partial charge in [-0.2, -0.15) is 4.99 Å². The van der Waals surface area contributed by atoms with Gasteiger partial charge in [0.1, 0.15) is 0 Å². The molecule has 0 radical (unpaired) electrons. The van der Waals surface area contributed by atoms with Crippen molar-refractivity contribution in [2.75, 3.05) is 13.7 Å². The number of rotatable bonds is 4. The smallest absolute Gasteiger partial charge is 0.254 e. The lowest BCUT2D eigenvalue weighted by molar-refractivity contribution is -0.139. The number of carbonyl (C=O) groups is 1. The number of thiazole rings is 1. The fourth-order valence-electron chi connectivity index (χ4n) is 5.59. The van der Waals surface area contributed by atoms with Crippen LogP contribution in [-0.2, 0) is 16.1 Å². The van der Waals surface area contributed by atoms with Gasteiger partial charge in [-0.05, 0) is 51.4 Å². The van der Waals surface area contributed by atoms with E-state index in [-0.39, 0.29) is 15.7 Å². The molecule has 0 aromatic carbocycles. The predicted octanol–water partition coefficient (Wildman–Crippen LogP) is 3.87. The van der Waals surface area contributed by atoms with Crippen molar-refractivity contribution in [3.8, 4) is 0 Å². The molecule has 0 N–H and O–H groups in total. The monoisotopic (exact) mass is 402 g/mol. The van der Waals surface area contributed by atoms with Gasteiger partial charge in [-0.15, -0.1) is 34.5 Å². The maximum Gasteiger partial charge on any atom is 0.254 e. The van der Waals surface area contributed by atoms with Crippen molar-refractivity contribution in [1.29, 1.82) is 0 Å². The maximum atomic E-state index is 13.3. The van der Waals surface area contributed by atoms with E-state index in [1.165, 1.54) is 0 Å². The molecule has 1 aromatic heterocycles. The first-order chi connectivity index (χ1) is 11.7. The van der Waals surface area contributed by atoms with Gasteiger partial charge < -0.3 is 9.30 Å². The molecule has 1 heterocycles. The summed E-state index contributed by atoms with van der Waals surface area (Å²) in [5.41, 5.74) is -0.472. The molecule has 1 aromatic rings. The molecule has 1 amide bonds. The molecule has 0 saturated heterocycles. The highest BCUT2D eigenvalue weighted by Crippen LogP contribution is 2.67. The van der Waals surface area contributed by atoms with Gasteiger partial charge >= 0.3 is 0 Å². The minimum atomic E-state index is -0.472. The third-order valence-electron chi connectivity index (χ3n) is 5.96. The van der Waals surface area contributed by atoms with Crippen LogP contribution in [0, 0.1) is 18.3 Å². The van der Waals surface area contributed by atoms with Crippen LogP contribution in [0.4, 0.5) is 0 Å². The van der Waals surface area contributed by atoms with Gasteiger partial charge in [0.2, 0.25) is 0 Å². The zero-order valence-corrected chi connectivity index (χ0v) is 17.0. The molecule has 4 bridgehead atoms. The van der Waals surface area contributed by atoms with Crippen LogP contribution in [0.15, 0.2) is 11.2 Å². The molecule has 0 aliphatic heterocycles. The zero-order valence-electron chi connectivity index (χ0n) is 14.7. The summed E-state index contributed by atoms with van der Waals surface area (Å²) in [5, 5.41) is 0. The number of nitrogens with zero attached hydrogens (tertiary/aromatic N) is 2. The lowest BCUT2D eigenvalue weighted by Crippen LogP contribution is -2.61. The largest absolute Gasteiger partial charge is 0.383 e. The number of hydrogen-bond acceptors (Lipinski definition) is 3. The van der Waals surface area contributed by atoms with Crippen LogP contribution in [0.3, 0.4) is 0 Å². The molecule has 25 heavy (non-hydrogen) atoms. The van der Waals surface area contributed by atoms with Crippen LogP contribution in [0.5, 0.6) is 0 Å². The third kappa shape index (κ3) is 3.22. The number of hydrogen-bond donors (Lipinski definition) is 0. The topological polar surface area (TPSA) is 43.6 Å². The fourth-order valence-corrected chi connectivity index (χ4v) is 7.98. The first-order valence-electron chi connectivity index (χ1n) is 8.88. The summed E-state index contributed by atoms with van der Waals surface area (Å²) < 4.78 is 7.17. The highest BCUT2D eigenvalue weighted by atomic mass is 35.5. The van der Waals surface area contributed by atoms with Crippen molar-refractivity contribution in [2.45, 2.75) is 61.7 Å². The molecule has 5 rings (SSSR count). The third-order valence-corrected chi connectivity index (χ3v) is 7.73. The average Bonchev–Trinajstić information content (AvgIpc) is 2.81. The van der Waals surface area contributed by atoms with Gasteiger partial charge in [0, 0.05) is 34.5 Å². The second-order valence-corrected chi connectivity index (χ2v) is 11.1. The van der Waals surface area contributed by atoms with Crippen LogP contribution < -0.4 is 4.80 Å². The van der Waals surface area contributed by atoms with Gasteiger partial charge in [-0.25, -0.2) is 0 Å². The van der Waals surface area contributed by atoms with E-state index in [4.69, 9.17) is 27.9 Å². The molecule has 2 atom stereocenters. The number of aromatic nitrogens is 1. The molecule has 4 saturated carbocycles. The van der Waals surface area contributed by atoms with Gasteiger partial charge in [-0.1, -0.05) is 0 Å². The Hall–Kier alpha value is -0.360.